The first-order valence-corrected chi connectivity index (χ1v) is 9.87. The highest BCUT2D eigenvalue weighted by molar-refractivity contribution is 6.30. The molecule has 2 N–H and O–H groups in total. The number of ether oxygens (including phenoxy) is 1. The zero-order valence-electron chi connectivity index (χ0n) is 16.5. The molecule has 1 aliphatic heterocycles. The number of anilines is 1. The van der Waals surface area contributed by atoms with Gasteiger partial charge in [0.25, 0.3) is 0 Å². The Kier molecular flexibility index (Phi) is 8.11. The molecule has 1 fully saturated rings. The van der Waals surface area contributed by atoms with Gasteiger partial charge < -0.3 is 20.3 Å². The van der Waals surface area contributed by atoms with E-state index in [1.807, 2.05) is 13.8 Å². The number of nitrogens with zero attached hydrogens (tertiary/aromatic N) is 1. The van der Waals surface area contributed by atoms with Gasteiger partial charge in [0.2, 0.25) is 5.91 Å². The topological polar surface area (TPSA) is 87.7 Å². The summed E-state index contributed by atoms with van der Waals surface area (Å²) in [5, 5.41) is 6.25. The molecule has 0 aromatic heterocycles. The lowest BCUT2D eigenvalue weighted by Crippen LogP contribution is -2.51. The summed E-state index contributed by atoms with van der Waals surface area (Å²) in [7, 11) is 1.31. The first-order chi connectivity index (χ1) is 13.3. The van der Waals surface area contributed by atoms with E-state index in [-0.39, 0.29) is 23.8 Å². The maximum absolute atomic E-state index is 12.5. The van der Waals surface area contributed by atoms with E-state index < -0.39 is 12.0 Å². The van der Waals surface area contributed by atoms with Crippen LogP contribution in [0.1, 0.15) is 33.1 Å². The van der Waals surface area contributed by atoms with E-state index in [1.54, 1.807) is 29.2 Å². The molecule has 1 aromatic rings. The smallest absolute Gasteiger partial charge is 0.328 e. The Hall–Kier alpha value is -2.28. The van der Waals surface area contributed by atoms with Crippen LogP contribution in [0, 0.1) is 11.8 Å². The van der Waals surface area contributed by atoms with Crippen molar-refractivity contribution in [2.75, 3.05) is 25.5 Å². The fourth-order valence-electron chi connectivity index (χ4n) is 3.19. The predicted molar refractivity (Wildman–Crippen MR) is 108 cm³/mol. The van der Waals surface area contributed by atoms with Crippen molar-refractivity contribution in [1.82, 2.24) is 10.2 Å². The summed E-state index contributed by atoms with van der Waals surface area (Å²) in [6, 6.07) is 5.99. The number of methoxy groups -OCH3 is 1. The molecule has 28 heavy (non-hydrogen) atoms. The second-order valence-corrected chi connectivity index (χ2v) is 7.85. The molecule has 0 aliphatic carbocycles. The lowest BCUT2D eigenvalue weighted by atomic mass is 9.96. The highest BCUT2D eigenvalue weighted by atomic mass is 35.5. The van der Waals surface area contributed by atoms with Gasteiger partial charge in [-0.1, -0.05) is 25.4 Å². The van der Waals surface area contributed by atoms with Crippen LogP contribution in [0.5, 0.6) is 0 Å². The van der Waals surface area contributed by atoms with E-state index in [0.29, 0.717) is 43.1 Å². The van der Waals surface area contributed by atoms with Crippen molar-refractivity contribution in [1.29, 1.82) is 0 Å². The third-order valence-electron chi connectivity index (χ3n) is 4.76. The summed E-state index contributed by atoms with van der Waals surface area (Å²) >= 11 is 5.85. The SMILES string of the molecule is COC(=O)[C@H](CC(C)C)NC(=O)N1CCC(C(=O)Nc2ccc(Cl)cc2)CC1. The Balaban J connectivity index is 1.84. The molecule has 0 spiro atoms. The van der Waals surface area contributed by atoms with Gasteiger partial charge in [-0.25, -0.2) is 9.59 Å². The summed E-state index contributed by atoms with van der Waals surface area (Å²) in [5.74, 6) is -0.424. The highest BCUT2D eigenvalue weighted by Gasteiger charge is 2.30. The lowest BCUT2D eigenvalue weighted by Gasteiger charge is -2.32. The molecule has 7 nitrogen and oxygen atoms in total. The van der Waals surface area contributed by atoms with Crippen LogP contribution in [0.2, 0.25) is 5.02 Å². The number of amides is 3. The van der Waals surface area contributed by atoms with Crippen molar-refractivity contribution in [2.24, 2.45) is 11.8 Å². The van der Waals surface area contributed by atoms with Gasteiger partial charge in [-0.15, -0.1) is 0 Å². The fraction of sp³-hybridized carbons (Fsp3) is 0.550. The summed E-state index contributed by atoms with van der Waals surface area (Å²) < 4.78 is 4.78. The number of esters is 1. The maximum Gasteiger partial charge on any atom is 0.328 e. The van der Waals surface area contributed by atoms with Gasteiger partial charge in [0.15, 0.2) is 0 Å². The number of hydrogen-bond donors (Lipinski definition) is 2. The number of hydrogen-bond acceptors (Lipinski definition) is 4. The van der Waals surface area contributed by atoms with Crippen LogP contribution in [0.25, 0.3) is 0 Å². The third-order valence-corrected chi connectivity index (χ3v) is 5.01. The minimum atomic E-state index is -0.663. The second kappa shape index (κ2) is 10.3. The zero-order valence-corrected chi connectivity index (χ0v) is 17.3. The Labute approximate surface area is 170 Å². The van der Waals surface area contributed by atoms with Crippen LogP contribution in [0.4, 0.5) is 10.5 Å². The molecule has 1 aromatic carbocycles. The molecule has 0 unspecified atom stereocenters. The van der Waals surface area contributed by atoms with Gasteiger partial charge in [-0.3, -0.25) is 4.79 Å². The predicted octanol–water partition coefficient (Wildman–Crippen LogP) is 3.29. The lowest BCUT2D eigenvalue weighted by molar-refractivity contribution is -0.143. The molecular formula is C20H28ClN3O4. The number of carbonyl (C=O) groups excluding carboxylic acids is 3. The van der Waals surface area contributed by atoms with Crippen LogP contribution in [-0.2, 0) is 14.3 Å². The molecule has 1 saturated heterocycles. The summed E-state index contributed by atoms with van der Waals surface area (Å²) in [6.45, 7) is 4.87. The van der Waals surface area contributed by atoms with Gasteiger partial charge in [-0.2, -0.15) is 0 Å². The fourth-order valence-corrected chi connectivity index (χ4v) is 3.32. The molecule has 154 valence electrons. The standard InChI is InChI=1S/C20H28ClN3O4/c1-13(2)12-17(19(26)28-3)23-20(27)24-10-8-14(9-11-24)18(25)22-16-6-4-15(21)5-7-16/h4-7,13-14,17H,8-12H2,1-3H3,(H,22,25)(H,23,27)/t17-/m0/s1. The third kappa shape index (κ3) is 6.41. The van der Waals surface area contributed by atoms with Crippen LogP contribution in [-0.4, -0.2) is 49.0 Å². The average molecular weight is 410 g/mol. The Morgan fingerprint density at radius 2 is 1.79 bits per heavy atom. The number of benzene rings is 1. The number of likely N-dealkylation sites (tertiary alicyclic amines) is 1. The van der Waals surface area contributed by atoms with Crippen LogP contribution < -0.4 is 10.6 Å². The van der Waals surface area contributed by atoms with Crippen molar-refractivity contribution < 1.29 is 19.1 Å². The van der Waals surface area contributed by atoms with E-state index in [4.69, 9.17) is 16.3 Å². The second-order valence-electron chi connectivity index (χ2n) is 7.41. The van der Waals surface area contributed by atoms with Crippen molar-refractivity contribution in [3.63, 3.8) is 0 Å². The van der Waals surface area contributed by atoms with Crippen molar-refractivity contribution >= 4 is 35.2 Å². The quantitative estimate of drug-likeness (QED) is 0.705. The van der Waals surface area contributed by atoms with Crippen molar-refractivity contribution in [3.05, 3.63) is 29.3 Å². The van der Waals surface area contributed by atoms with Crippen molar-refractivity contribution in [2.45, 2.75) is 39.2 Å². The van der Waals surface area contributed by atoms with E-state index in [1.165, 1.54) is 7.11 Å². The molecule has 2 rings (SSSR count). The summed E-state index contributed by atoms with van der Waals surface area (Å²) in [6.07, 6.45) is 1.65. The van der Waals surface area contributed by atoms with Crippen LogP contribution >= 0.6 is 11.6 Å². The molecule has 1 aliphatic rings. The number of urea groups is 1. The Morgan fingerprint density at radius 3 is 2.32 bits per heavy atom. The molecule has 0 radical (unpaired) electrons. The van der Waals surface area contributed by atoms with Gasteiger partial charge in [-0.05, 0) is 49.4 Å². The van der Waals surface area contributed by atoms with Crippen molar-refractivity contribution in [3.8, 4) is 0 Å². The number of halogens is 1. The van der Waals surface area contributed by atoms with Crippen LogP contribution in [0.15, 0.2) is 24.3 Å². The molecule has 8 heteroatoms. The molecule has 3 amide bonds. The largest absolute Gasteiger partial charge is 0.467 e. The zero-order chi connectivity index (χ0) is 20.7. The number of nitrogens with one attached hydrogen (secondary N) is 2. The van der Waals surface area contributed by atoms with E-state index in [0.717, 1.165) is 0 Å². The van der Waals surface area contributed by atoms with E-state index in [9.17, 15) is 14.4 Å². The minimum absolute atomic E-state index is 0.0605. The molecule has 0 saturated carbocycles. The van der Waals surface area contributed by atoms with E-state index in [2.05, 4.69) is 10.6 Å². The summed E-state index contributed by atoms with van der Waals surface area (Å²) in [5.41, 5.74) is 0.698. The molecule has 1 atom stereocenters. The van der Waals surface area contributed by atoms with Crippen LogP contribution in [0.3, 0.4) is 0 Å². The first kappa shape index (κ1) is 22.0. The number of carbonyl (C=O) groups is 3. The van der Waals surface area contributed by atoms with Gasteiger partial charge in [0.1, 0.15) is 6.04 Å². The van der Waals surface area contributed by atoms with Gasteiger partial charge >= 0.3 is 12.0 Å². The number of piperidine rings is 1. The van der Waals surface area contributed by atoms with Gasteiger partial charge in [0, 0.05) is 29.7 Å². The average Bonchev–Trinajstić information content (AvgIpc) is 2.68. The molecule has 1 heterocycles. The van der Waals surface area contributed by atoms with Gasteiger partial charge in [0.05, 0.1) is 7.11 Å². The Bertz CT molecular complexity index is 685. The Morgan fingerprint density at radius 1 is 1.18 bits per heavy atom. The van der Waals surface area contributed by atoms with E-state index >= 15 is 0 Å². The molecule has 0 bridgehead atoms. The monoisotopic (exact) mass is 409 g/mol. The molecular weight excluding hydrogens is 382 g/mol. The first-order valence-electron chi connectivity index (χ1n) is 9.49. The minimum Gasteiger partial charge on any atom is -0.467 e. The number of rotatable bonds is 6. The highest BCUT2D eigenvalue weighted by Crippen LogP contribution is 2.21. The maximum atomic E-state index is 12.5. The summed E-state index contributed by atoms with van der Waals surface area (Å²) in [4.78, 5) is 38.5. The normalized spacial score (nSPS) is 15.8.